The highest BCUT2D eigenvalue weighted by Gasteiger charge is 2.42. The maximum Gasteiger partial charge on any atom is 0.436 e. The summed E-state index contributed by atoms with van der Waals surface area (Å²) in [7, 11) is 0. The number of ether oxygens (including phenoxy) is 1. The van der Waals surface area contributed by atoms with Gasteiger partial charge in [-0.1, -0.05) is 22.9 Å². The van der Waals surface area contributed by atoms with E-state index < -0.39 is 29.4 Å². The van der Waals surface area contributed by atoms with Crippen molar-refractivity contribution in [2.24, 2.45) is 0 Å². The zero-order valence-electron chi connectivity index (χ0n) is 15.5. The third kappa shape index (κ3) is 4.90. The molecule has 0 atom stereocenters. The summed E-state index contributed by atoms with van der Waals surface area (Å²) in [6, 6.07) is 4.19. The molecule has 0 unspecified atom stereocenters. The second-order valence-corrected chi connectivity index (χ2v) is 8.28. The number of hydrogen-bond acceptors (Lipinski definition) is 5. The van der Waals surface area contributed by atoms with Crippen molar-refractivity contribution < 1.29 is 31.5 Å². The topological polar surface area (TPSA) is 69.0 Å². The number of aromatic nitrogens is 3. The Balaban J connectivity index is 1.44. The lowest BCUT2D eigenvalue weighted by atomic mass is 10.2. The van der Waals surface area contributed by atoms with Gasteiger partial charge in [-0.2, -0.15) is 27.1 Å². The third-order valence-corrected chi connectivity index (χ3v) is 5.85. The molecule has 2 heterocycles. The maximum atomic E-state index is 13.1. The highest BCUT2D eigenvalue weighted by molar-refractivity contribution is 7.22. The fourth-order valence-corrected chi connectivity index (χ4v) is 4.38. The fourth-order valence-electron chi connectivity index (χ4n) is 3.08. The van der Waals surface area contributed by atoms with Gasteiger partial charge in [0.15, 0.2) is 10.8 Å². The van der Waals surface area contributed by atoms with Crippen molar-refractivity contribution in [3.05, 3.63) is 34.6 Å². The van der Waals surface area contributed by atoms with Gasteiger partial charge in [0.25, 0.3) is 0 Å². The summed E-state index contributed by atoms with van der Waals surface area (Å²) in [6.07, 6.45) is -3.39. The minimum absolute atomic E-state index is 0.0346. The number of nitrogens with one attached hydrogen (secondary N) is 1. The Morgan fingerprint density at radius 1 is 1.35 bits per heavy atom. The molecule has 3 aromatic rings. The number of amides is 1. The van der Waals surface area contributed by atoms with E-state index in [2.05, 4.69) is 20.1 Å². The lowest BCUT2D eigenvalue weighted by Gasteiger charge is -2.06. The van der Waals surface area contributed by atoms with Crippen LogP contribution in [0.3, 0.4) is 0 Å². The van der Waals surface area contributed by atoms with Crippen molar-refractivity contribution in [1.82, 2.24) is 14.8 Å². The Labute approximate surface area is 181 Å². The molecule has 166 valence electrons. The number of halogens is 6. The molecule has 13 heteroatoms. The molecular weight excluding hydrogens is 467 g/mol. The quantitative estimate of drug-likeness (QED) is 0.442. The van der Waals surface area contributed by atoms with Crippen LogP contribution in [0.4, 0.5) is 27.1 Å². The van der Waals surface area contributed by atoms with Crippen molar-refractivity contribution in [3.63, 3.8) is 0 Å². The van der Waals surface area contributed by atoms with Crippen LogP contribution in [-0.4, -0.2) is 27.3 Å². The highest BCUT2D eigenvalue weighted by atomic mass is 35.5. The summed E-state index contributed by atoms with van der Waals surface area (Å²) in [5, 5.41) is 5.96. The molecular formula is C18H14ClF5N4O2S. The molecule has 0 bridgehead atoms. The van der Waals surface area contributed by atoms with E-state index in [1.165, 1.54) is 18.2 Å². The second kappa shape index (κ2) is 8.23. The maximum absolute atomic E-state index is 13.1. The van der Waals surface area contributed by atoms with E-state index in [4.69, 9.17) is 11.6 Å². The monoisotopic (exact) mass is 480 g/mol. The lowest BCUT2D eigenvalue weighted by molar-refractivity contribution is -0.141. The first-order valence-electron chi connectivity index (χ1n) is 9.10. The van der Waals surface area contributed by atoms with Crippen molar-refractivity contribution in [3.8, 4) is 5.75 Å². The molecule has 1 fully saturated rings. The van der Waals surface area contributed by atoms with Gasteiger partial charge in [0, 0.05) is 12.3 Å². The normalized spacial score (nSPS) is 14.4. The van der Waals surface area contributed by atoms with Gasteiger partial charge in [0.05, 0.1) is 27.5 Å². The molecule has 1 amide bonds. The van der Waals surface area contributed by atoms with Gasteiger partial charge in [0.2, 0.25) is 5.91 Å². The van der Waals surface area contributed by atoms with Crippen molar-refractivity contribution in [1.29, 1.82) is 0 Å². The molecule has 4 rings (SSSR count). The zero-order chi connectivity index (χ0) is 22.3. The van der Waals surface area contributed by atoms with Crippen LogP contribution in [0.25, 0.3) is 10.2 Å². The second-order valence-electron chi connectivity index (χ2n) is 6.87. The molecule has 31 heavy (non-hydrogen) atoms. The molecule has 1 aromatic carbocycles. The number of carbonyl (C=O) groups is 1. The third-order valence-electron chi connectivity index (χ3n) is 4.55. The lowest BCUT2D eigenvalue weighted by Crippen LogP contribution is -2.16. The number of fused-ring (bicyclic) bond motifs is 1. The van der Waals surface area contributed by atoms with Gasteiger partial charge in [-0.05, 0) is 31.0 Å². The molecule has 0 aliphatic heterocycles. The van der Waals surface area contributed by atoms with Gasteiger partial charge in [-0.3, -0.25) is 9.48 Å². The molecule has 0 spiro atoms. The van der Waals surface area contributed by atoms with Crippen LogP contribution < -0.4 is 10.1 Å². The Hall–Kier alpha value is -2.47. The Morgan fingerprint density at radius 3 is 2.74 bits per heavy atom. The first-order chi connectivity index (χ1) is 14.6. The zero-order valence-corrected chi connectivity index (χ0v) is 17.1. The summed E-state index contributed by atoms with van der Waals surface area (Å²) in [5.41, 5.74) is -0.371. The largest absolute Gasteiger partial charge is 0.436 e. The minimum Gasteiger partial charge on any atom is -0.435 e. The van der Waals surface area contributed by atoms with Crippen molar-refractivity contribution >= 4 is 44.2 Å². The van der Waals surface area contributed by atoms with E-state index in [9.17, 15) is 26.7 Å². The predicted octanol–water partition coefficient (Wildman–Crippen LogP) is 5.67. The number of alkyl halides is 5. The van der Waals surface area contributed by atoms with E-state index in [1.807, 2.05) is 0 Å². The fraction of sp³-hybridized carbons (Fsp3) is 0.389. The van der Waals surface area contributed by atoms with Gasteiger partial charge >= 0.3 is 12.8 Å². The van der Waals surface area contributed by atoms with E-state index in [1.54, 1.807) is 0 Å². The summed E-state index contributed by atoms with van der Waals surface area (Å²) in [4.78, 5) is 16.5. The van der Waals surface area contributed by atoms with Crippen LogP contribution in [0, 0.1) is 0 Å². The minimum atomic E-state index is -4.68. The van der Waals surface area contributed by atoms with Crippen LogP contribution in [0.2, 0.25) is 5.02 Å². The van der Waals surface area contributed by atoms with Gasteiger partial charge in [-0.25, -0.2) is 4.98 Å². The van der Waals surface area contributed by atoms with Crippen LogP contribution in [-0.2, 0) is 17.5 Å². The summed E-state index contributed by atoms with van der Waals surface area (Å²) < 4.78 is 70.0. The number of hydrogen-bond donors (Lipinski definition) is 1. The molecule has 1 N–H and O–H groups in total. The molecule has 0 radical (unpaired) electrons. The van der Waals surface area contributed by atoms with E-state index in [0.717, 1.165) is 28.9 Å². The van der Waals surface area contributed by atoms with Crippen LogP contribution >= 0.6 is 22.9 Å². The smallest absolute Gasteiger partial charge is 0.435 e. The molecule has 0 saturated heterocycles. The van der Waals surface area contributed by atoms with Gasteiger partial charge < -0.3 is 10.1 Å². The standard InChI is InChI=1S/C18H14ClF5N4O2S/c19-13-14(8-1-2-8)28(27-15(13)18(22,23)24)6-5-12(29)26-17-25-10-4-3-9(30-16(20)21)7-11(10)31-17/h3-4,7-8,16H,1-2,5-6H2,(H,25,26,29). The van der Waals surface area contributed by atoms with E-state index >= 15 is 0 Å². The Kier molecular flexibility index (Phi) is 5.77. The Bertz CT molecular complexity index is 1130. The molecule has 1 aliphatic carbocycles. The SMILES string of the molecule is O=C(CCn1nc(C(F)(F)F)c(Cl)c1C1CC1)Nc1nc2ccc(OC(F)F)cc2s1. The number of aryl methyl sites for hydroxylation is 1. The number of rotatable bonds is 7. The van der Waals surface area contributed by atoms with E-state index in [-0.39, 0.29) is 29.8 Å². The first kappa shape index (κ1) is 21.8. The highest BCUT2D eigenvalue weighted by Crippen LogP contribution is 2.47. The number of nitrogens with zero attached hydrogens (tertiary/aromatic N) is 3. The van der Waals surface area contributed by atoms with Gasteiger partial charge in [0.1, 0.15) is 5.75 Å². The average molecular weight is 481 g/mol. The van der Waals surface area contributed by atoms with Crippen LogP contribution in [0.5, 0.6) is 5.75 Å². The predicted molar refractivity (Wildman–Crippen MR) is 104 cm³/mol. The van der Waals surface area contributed by atoms with Crippen molar-refractivity contribution in [2.45, 2.75) is 44.5 Å². The number of thiazole rings is 1. The number of benzene rings is 1. The molecule has 1 saturated carbocycles. The summed E-state index contributed by atoms with van der Waals surface area (Å²) in [6.45, 7) is -3.04. The van der Waals surface area contributed by atoms with Crippen molar-refractivity contribution in [2.75, 3.05) is 5.32 Å². The number of carbonyl (C=O) groups excluding carboxylic acids is 1. The van der Waals surface area contributed by atoms with E-state index in [0.29, 0.717) is 15.9 Å². The molecule has 6 nitrogen and oxygen atoms in total. The first-order valence-corrected chi connectivity index (χ1v) is 10.3. The van der Waals surface area contributed by atoms with Gasteiger partial charge in [-0.15, -0.1) is 0 Å². The van der Waals surface area contributed by atoms with Crippen LogP contribution in [0.1, 0.15) is 36.6 Å². The summed E-state index contributed by atoms with van der Waals surface area (Å²) >= 11 is 6.97. The Morgan fingerprint density at radius 2 is 2.10 bits per heavy atom. The average Bonchev–Trinajstić information content (AvgIpc) is 3.32. The number of anilines is 1. The van der Waals surface area contributed by atoms with Crippen LogP contribution in [0.15, 0.2) is 18.2 Å². The molecule has 1 aliphatic rings. The summed E-state index contributed by atoms with van der Waals surface area (Å²) in [5.74, 6) is -0.606. The molecule has 2 aromatic heterocycles.